The van der Waals surface area contributed by atoms with Crippen LogP contribution in [-0.2, 0) is 14.4 Å². The Morgan fingerprint density at radius 3 is 2.33 bits per heavy atom. The first-order chi connectivity index (χ1) is 6.99. The molecule has 0 saturated heterocycles. The Morgan fingerprint density at radius 2 is 2.00 bits per heavy atom. The van der Waals surface area contributed by atoms with Crippen molar-refractivity contribution < 1.29 is 14.4 Å². The summed E-state index contributed by atoms with van der Waals surface area (Å²) >= 11 is 2.14. The molecule has 0 heterocycles. The van der Waals surface area contributed by atoms with Crippen LogP contribution in [0.15, 0.2) is 9.66 Å². The smallest absolute Gasteiger partial charge is 0.251 e. The minimum atomic E-state index is -0.258. The zero-order chi connectivity index (χ0) is 12.0. The maximum absolute atomic E-state index is 11.8. The third kappa shape index (κ3) is 4.08. The Hall–Kier alpha value is -0.140. The van der Waals surface area contributed by atoms with Gasteiger partial charge in [0.15, 0.2) is 0 Å². The zero-order valence-electron chi connectivity index (χ0n) is 9.78. The van der Waals surface area contributed by atoms with Crippen molar-refractivity contribution >= 4 is 28.5 Å². The molecule has 4 nitrogen and oxygen atoms in total. The van der Waals surface area contributed by atoms with E-state index in [4.69, 9.17) is 9.57 Å². The Kier molecular flexibility index (Phi) is 7.12. The number of hydrogen-bond acceptors (Lipinski definition) is 3. The molecule has 0 aliphatic rings. The molecule has 0 radical (unpaired) electrons. The van der Waals surface area contributed by atoms with Gasteiger partial charge < -0.3 is 4.74 Å². The topological polar surface area (TPSA) is 38.8 Å². The number of hydroxylamine groups is 2. The molecule has 5 heteroatoms. The number of halogens is 1. The summed E-state index contributed by atoms with van der Waals surface area (Å²) in [5, 5.41) is 1.22. The molecular formula is C10H18INO3. The summed E-state index contributed by atoms with van der Waals surface area (Å²) in [5.41, 5.74) is 1.03. The van der Waals surface area contributed by atoms with Crippen LogP contribution in [0.4, 0.5) is 0 Å². The lowest BCUT2D eigenvalue weighted by Gasteiger charge is -2.25. The summed E-state index contributed by atoms with van der Waals surface area (Å²) in [4.78, 5) is 16.6. The Bertz CT molecular complexity index is 243. The summed E-state index contributed by atoms with van der Waals surface area (Å²) < 4.78 is 7.22. The van der Waals surface area contributed by atoms with Crippen LogP contribution in [-0.4, -0.2) is 38.3 Å². The van der Waals surface area contributed by atoms with Crippen LogP contribution in [0.1, 0.15) is 13.8 Å². The van der Waals surface area contributed by atoms with Gasteiger partial charge in [-0.05, 0) is 16.6 Å². The van der Waals surface area contributed by atoms with Gasteiger partial charge in [0.1, 0.15) is 0 Å². The molecule has 0 saturated carbocycles. The van der Waals surface area contributed by atoms with E-state index in [-0.39, 0.29) is 17.9 Å². The van der Waals surface area contributed by atoms with Crippen molar-refractivity contribution in [2.75, 3.05) is 21.3 Å². The summed E-state index contributed by atoms with van der Waals surface area (Å²) in [6.07, 6.45) is -0.202. The number of hydrogen-bond donors (Lipinski definition) is 0. The van der Waals surface area contributed by atoms with Gasteiger partial charge in [-0.1, -0.05) is 29.5 Å². The highest BCUT2D eigenvalue weighted by atomic mass is 127. The number of methoxy groups -OCH3 is 1. The minimum absolute atomic E-state index is 0.0954. The van der Waals surface area contributed by atoms with Crippen molar-refractivity contribution in [1.82, 2.24) is 5.06 Å². The molecule has 0 N–H and O–H groups in total. The van der Waals surface area contributed by atoms with Crippen LogP contribution in [0.5, 0.6) is 0 Å². The molecule has 0 aliphatic heterocycles. The monoisotopic (exact) mass is 327 g/mol. The summed E-state index contributed by atoms with van der Waals surface area (Å²) in [5.74, 6) is -0.354. The number of ether oxygens (including phenoxy) is 1. The van der Waals surface area contributed by atoms with Gasteiger partial charge in [-0.15, -0.1) is 0 Å². The van der Waals surface area contributed by atoms with E-state index in [1.165, 1.54) is 12.2 Å². The SMILES string of the molecule is CO[C@@H](/C(C)=C/I)[C@@H](C)C(=O)N(C)OC. The van der Waals surface area contributed by atoms with E-state index in [1.807, 2.05) is 17.9 Å². The fraction of sp³-hybridized carbons (Fsp3) is 0.700. The van der Waals surface area contributed by atoms with Crippen molar-refractivity contribution in [3.8, 4) is 0 Å². The highest BCUT2D eigenvalue weighted by Crippen LogP contribution is 2.18. The fourth-order valence-corrected chi connectivity index (χ4v) is 1.71. The van der Waals surface area contributed by atoms with Gasteiger partial charge in [0.25, 0.3) is 5.91 Å². The molecule has 0 aromatic rings. The molecule has 0 aromatic heterocycles. The van der Waals surface area contributed by atoms with Gasteiger partial charge in [-0.2, -0.15) is 0 Å². The standard InChI is InChI=1S/C10H18INO3/c1-7(6-11)9(14-4)8(2)10(13)12(3)15-5/h6,8-9H,1-5H3/b7-6+/t8-,9+/m1/s1. The lowest BCUT2D eigenvalue weighted by atomic mass is 9.98. The molecule has 1 amide bonds. The second kappa shape index (κ2) is 7.19. The van der Waals surface area contributed by atoms with E-state index >= 15 is 0 Å². The molecule has 0 aliphatic carbocycles. The summed E-state index contributed by atoms with van der Waals surface area (Å²) in [7, 11) is 4.66. The average molecular weight is 327 g/mol. The number of rotatable bonds is 5. The van der Waals surface area contributed by atoms with Crippen molar-refractivity contribution in [2.24, 2.45) is 5.92 Å². The van der Waals surface area contributed by atoms with Gasteiger partial charge in [0, 0.05) is 14.2 Å². The number of nitrogens with zero attached hydrogens (tertiary/aromatic N) is 1. The first-order valence-corrected chi connectivity index (χ1v) is 5.85. The van der Waals surface area contributed by atoms with E-state index < -0.39 is 0 Å². The van der Waals surface area contributed by atoms with Crippen LogP contribution in [0.25, 0.3) is 0 Å². The van der Waals surface area contributed by atoms with Crippen LogP contribution in [0.3, 0.4) is 0 Å². The Balaban J connectivity index is 4.65. The van der Waals surface area contributed by atoms with E-state index in [9.17, 15) is 4.79 Å². The quantitative estimate of drug-likeness (QED) is 0.573. The molecular weight excluding hydrogens is 309 g/mol. The lowest BCUT2D eigenvalue weighted by Crippen LogP contribution is -2.38. The molecule has 0 bridgehead atoms. The third-order valence-electron chi connectivity index (χ3n) is 2.30. The number of amides is 1. The zero-order valence-corrected chi connectivity index (χ0v) is 11.9. The van der Waals surface area contributed by atoms with Crippen LogP contribution >= 0.6 is 22.6 Å². The van der Waals surface area contributed by atoms with Crippen molar-refractivity contribution in [3.63, 3.8) is 0 Å². The number of carbonyl (C=O) groups excluding carboxylic acids is 1. The van der Waals surface area contributed by atoms with E-state index in [1.54, 1.807) is 14.2 Å². The van der Waals surface area contributed by atoms with Gasteiger partial charge in [-0.25, -0.2) is 5.06 Å². The average Bonchev–Trinajstić information content (AvgIpc) is 2.27. The first kappa shape index (κ1) is 14.9. The summed E-state index contributed by atoms with van der Waals surface area (Å²) in [6.45, 7) is 3.77. The van der Waals surface area contributed by atoms with Crippen LogP contribution < -0.4 is 0 Å². The molecule has 15 heavy (non-hydrogen) atoms. The highest BCUT2D eigenvalue weighted by Gasteiger charge is 2.27. The Morgan fingerprint density at radius 1 is 1.47 bits per heavy atom. The minimum Gasteiger partial charge on any atom is -0.376 e. The van der Waals surface area contributed by atoms with Gasteiger partial charge in [0.05, 0.1) is 19.1 Å². The predicted molar refractivity (Wildman–Crippen MR) is 67.5 cm³/mol. The van der Waals surface area contributed by atoms with E-state index in [0.717, 1.165) is 5.57 Å². The molecule has 88 valence electrons. The highest BCUT2D eigenvalue weighted by molar-refractivity contribution is 14.1. The lowest BCUT2D eigenvalue weighted by molar-refractivity contribution is -0.176. The fourth-order valence-electron chi connectivity index (χ4n) is 1.35. The maximum Gasteiger partial charge on any atom is 0.251 e. The molecule has 0 aromatic carbocycles. The van der Waals surface area contributed by atoms with Crippen LogP contribution in [0.2, 0.25) is 0 Å². The van der Waals surface area contributed by atoms with Gasteiger partial charge in [0.2, 0.25) is 0 Å². The maximum atomic E-state index is 11.8. The molecule has 2 atom stereocenters. The second-order valence-electron chi connectivity index (χ2n) is 3.32. The van der Waals surface area contributed by atoms with Crippen LogP contribution in [0, 0.1) is 5.92 Å². The van der Waals surface area contributed by atoms with E-state index in [2.05, 4.69) is 22.6 Å². The van der Waals surface area contributed by atoms with Gasteiger partial charge in [-0.3, -0.25) is 9.63 Å². The molecule has 0 rings (SSSR count). The third-order valence-corrected chi connectivity index (χ3v) is 3.29. The molecule has 0 fully saturated rings. The number of carbonyl (C=O) groups is 1. The van der Waals surface area contributed by atoms with E-state index in [0.29, 0.717) is 0 Å². The predicted octanol–water partition coefficient (Wildman–Crippen LogP) is 2.00. The second-order valence-corrected chi connectivity index (χ2v) is 3.94. The molecule has 0 unspecified atom stereocenters. The largest absolute Gasteiger partial charge is 0.376 e. The Labute approximate surface area is 105 Å². The van der Waals surface area contributed by atoms with Crippen molar-refractivity contribution in [2.45, 2.75) is 20.0 Å². The first-order valence-electron chi connectivity index (χ1n) is 4.60. The normalized spacial score (nSPS) is 16.0. The van der Waals surface area contributed by atoms with Crippen molar-refractivity contribution in [3.05, 3.63) is 9.66 Å². The molecule has 0 spiro atoms. The summed E-state index contributed by atoms with van der Waals surface area (Å²) in [6, 6.07) is 0. The van der Waals surface area contributed by atoms with Crippen molar-refractivity contribution in [1.29, 1.82) is 0 Å². The van der Waals surface area contributed by atoms with Gasteiger partial charge >= 0.3 is 0 Å².